The van der Waals surface area contributed by atoms with E-state index in [-0.39, 0.29) is 25.1 Å². The van der Waals surface area contributed by atoms with Crippen molar-refractivity contribution in [3.05, 3.63) is 65.2 Å². The largest absolute Gasteiger partial charge is 0.484 e. The fraction of sp³-hybridized carbons (Fsp3) is 0.381. The lowest BCUT2D eigenvalue weighted by atomic mass is 10.0. The maximum absolute atomic E-state index is 12.2. The SMILES string of the molecule is CC[C@H](NC(=O)COc1ccc(CN(C)S(C)(=O)=O)cc1)c1ccc(C)cc1. The highest BCUT2D eigenvalue weighted by Crippen LogP contribution is 2.18. The third-order valence-electron chi connectivity index (χ3n) is 4.49. The zero-order valence-corrected chi connectivity index (χ0v) is 17.6. The summed E-state index contributed by atoms with van der Waals surface area (Å²) in [7, 11) is -1.69. The molecule has 0 bridgehead atoms. The standard InChI is InChI=1S/C21H28N2O4S/c1-5-20(18-10-6-16(2)7-11-18)22-21(24)15-27-19-12-8-17(9-13-19)14-23(3)28(4,25)26/h6-13,20H,5,14-15H2,1-4H3,(H,22,24)/t20-/m0/s1. The molecule has 0 radical (unpaired) electrons. The number of hydrogen-bond donors (Lipinski definition) is 1. The second-order valence-corrected chi connectivity index (χ2v) is 8.98. The van der Waals surface area contributed by atoms with E-state index in [0.717, 1.165) is 17.5 Å². The van der Waals surface area contributed by atoms with Gasteiger partial charge in [0.15, 0.2) is 6.61 Å². The number of benzene rings is 2. The zero-order chi connectivity index (χ0) is 20.7. The van der Waals surface area contributed by atoms with Crippen LogP contribution in [0.5, 0.6) is 5.75 Å². The maximum atomic E-state index is 12.2. The Hall–Kier alpha value is -2.38. The van der Waals surface area contributed by atoms with E-state index in [1.54, 1.807) is 24.3 Å². The van der Waals surface area contributed by atoms with Gasteiger partial charge in [-0.3, -0.25) is 4.79 Å². The van der Waals surface area contributed by atoms with E-state index in [1.807, 2.05) is 38.1 Å². The van der Waals surface area contributed by atoms with Crippen molar-refractivity contribution in [1.82, 2.24) is 9.62 Å². The Morgan fingerprint density at radius 1 is 1.11 bits per heavy atom. The molecule has 2 aromatic carbocycles. The summed E-state index contributed by atoms with van der Waals surface area (Å²) in [6.45, 7) is 4.26. The first-order valence-electron chi connectivity index (χ1n) is 9.18. The summed E-state index contributed by atoms with van der Waals surface area (Å²) in [5, 5.41) is 2.99. The molecule has 0 aliphatic carbocycles. The second-order valence-electron chi connectivity index (χ2n) is 6.89. The molecule has 7 heteroatoms. The number of carbonyl (C=O) groups is 1. The minimum absolute atomic E-state index is 0.0504. The number of rotatable bonds is 9. The van der Waals surface area contributed by atoms with Crippen molar-refractivity contribution < 1.29 is 17.9 Å². The summed E-state index contributed by atoms with van der Waals surface area (Å²) in [6.07, 6.45) is 1.96. The van der Waals surface area contributed by atoms with Crippen molar-refractivity contribution in [3.63, 3.8) is 0 Å². The topological polar surface area (TPSA) is 75.7 Å². The van der Waals surface area contributed by atoms with Crippen LogP contribution < -0.4 is 10.1 Å². The molecule has 6 nitrogen and oxygen atoms in total. The van der Waals surface area contributed by atoms with Crippen LogP contribution in [0.15, 0.2) is 48.5 Å². The summed E-state index contributed by atoms with van der Waals surface area (Å²) >= 11 is 0. The van der Waals surface area contributed by atoms with Gasteiger partial charge in [-0.15, -0.1) is 0 Å². The van der Waals surface area contributed by atoms with Gasteiger partial charge in [0.05, 0.1) is 12.3 Å². The first-order valence-corrected chi connectivity index (χ1v) is 11.0. The van der Waals surface area contributed by atoms with Crippen LogP contribution in [0.2, 0.25) is 0 Å². The third kappa shape index (κ3) is 6.65. The van der Waals surface area contributed by atoms with E-state index in [2.05, 4.69) is 5.32 Å². The van der Waals surface area contributed by atoms with Crippen LogP contribution in [-0.2, 0) is 21.4 Å². The number of nitrogens with one attached hydrogen (secondary N) is 1. The minimum Gasteiger partial charge on any atom is -0.484 e. The molecule has 0 aliphatic heterocycles. The quantitative estimate of drug-likeness (QED) is 0.697. The maximum Gasteiger partial charge on any atom is 0.258 e. The molecule has 1 N–H and O–H groups in total. The molecule has 0 heterocycles. The Bertz CT molecular complexity index is 878. The number of hydrogen-bond acceptors (Lipinski definition) is 4. The fourth-order valence-electron chi connectivity index (χ4n) is 2.67. The highest BCUT2D eigenvalue weighted by Gasteiger charge is 2.14. The van der Waals surface area contributed by atoms with Crippen LogP contribution in [-0.4, -0.2) is 38.5 Å². The monoisotopic (exact) mass is 404 g/mol. The van der Waals surface area contributed by atoms with Crippen LogP contribution in [0.4, 0.5) is 0 Å². The van der Waals surface area contributed by atoms with Crippen LogP contribution in [0.1, 0.15) is 36.1 Å². The highest BCUT2D eigenvalue weighted by atomic mass is 32.2. The Morgan fingerprint density at radius 3 is 2.25 bits per heavy atom. The number of amides is 1. The van der Waals surface area contributed by atoms with E-state index in [4.69, 9.17) is 4.74 Å². The molecule has 2 aromatic rings. The van der Waals surface area contributed by atoms with Crippen molar-refractivity contribution in [2.45, 2.75) is 32.9 Å². The molecule has 28 heavy (non-hydrogen) atoms. The molecule has 0 saturated carbocycles. The van der Waals surface area contributed by atoms with Crippen molar-refractivity contribution in [2.75, 3.05) is 19.9 Å². The van der Waals surface area contributed by atoms with Crippen molar-refractivity contribution >= 4 is 15.9 Å². The van der Waals surface area contributed by atoms with E-state index < -0.39 is 10.0 Å². The van der Waals surface area contributed by atoms with E-state index in [1.165, 1.54) is 23.2 Å². The summed E-state index contributed by atoms with van der Waals surface area (Å²) in [6, 6.07) is 15.1. The molecule has 0 aromatic heterocycles. The average Bonchev–Trinajstić information content (AvgIpc) is 2.65. The lowest BCUT2D eigenvalue weighted by Gasteiger charge is -2.18. The van der Waals surface area contributed by atoms with Gasteiger partial charge in [-0.05, 0) is 36.6 Å². The predicted octanol–water partition coefficient (Wildman–Crippen LogP) is 3.03. The Balaban J connectivity index is 1.87. The lowest BCUT2D eigenvalue weighted by molar-refractivity contribution is -0.123. The van der Waals surface area contributed by atoms with Gasteiger partial charge >= 0.3 is 0 Å². The minimum atomic E-state index is -3.22. The van der Waals surface area contributed by atoms with E-state index >= 15 is 0 Å². The summed E-state index contributed by atoms with van der Waals surface area (Å²) in [5.41, 5.74) is 3.09. The van der Waals surface area contributed by atoms with Gasteiger partial charge in [0.2, 0.25) is 10.0 Å². The van der Waals surface area contributed by atoms with Gasteiger partial charge in [0.25, 0.3) is 5.91 Å². The van der Waals surface area contributed by atoms with Gasteiger partial charge < -0.3 is 10.1 Å². The number of carbonyl (C=O) groups excluding carboxylic acids is 1. The van der Waals surface area contributed by atoms with E-state index in [9.17, 15) is 13.2 Å². The highest BCUT2D eigenvalue weighted by molar-refractivity contribution is 7.88. The molecule has 0 aliphatic rings. The molecule has 152 valence electrons. The van der Waals surface area contributed by atoms with Crippen molar-refractivity contribution in [2.24, 2.45) is 0 Å². The smallest absolute Gasteiger partial charge is 0.258 e. The van der Waals surface area contributed by atoms with Gasteiger partial charge in [-0.1, -0.05) is 48.9 Å². The number of aryl methyl sites for hydroxylation is 1. The van der Waals surface area contributed by atoms with Crippen LogP contribution in [0.25, 0.3) is 0 Å². The van der Waals surface area contributed by atoms with Gasteiger partial charge in [-0.2, -0.15) is 0 Å². The van der Waals surface area contributed by atoms with Crippen LogP contribution in [0, 0.1) is 6.92 Å². The number of ether oxygens (including phenoxy) is 1. The molecule has 0 unspecified atom stereocenters. The molecular weight excluding hydrogens is 376 g/mol. The summed E-state index contributed by atoms with van der Waals surface area (Å²) < 4.78 is 29.8. The molecule has 0 spiro atoms. The van der Waals surface area contributed by atoms with Gasteiger partial charge in [-0.25, -0.2) is 12.7 Å². The van der Waals surface area contributed by atoms with Crippen LogP contribution >= 0.6 is 0 Å². The zero-order valence-electron chi connectivity index (χ0n) is 16.8. The van der Waals surface area contributed by atoms with Gasteiger partial charge in [0.1, 0.15) is 5.75 Å². The molecule has 0 saturated heterocycles. The number of sulfonamides is 1. The van der Waals surface area contributed by atoms with Crippen molar-refractivity contribution in [3.8, 4) is 5.75 Å². The normalized spacial score (nSPS) is 12.6. The predicted molar refractivity (Wildman–Crippen MR) is 111 cm³/mol. The number of nitrogens with zero attached hydrogens (tertiary/aromatic N) is 1. The summed E-state index contributed by atoms with van der Waals surface area (Å²) in [4.78, 5) is 12.2. The van der Waals surface area contributed by atoms with Crippen molar-refractivity contribution in [1.29, 1.82) is 0 Å². The first-order chi connectivity index (χ1) is 13.2. The lowest BCUT2D eigenvalue weighted by Crippen LogP contribution is -2.32. The molecule has 0 fully saturated rings. The fourth-order valence-corrected chi connectivity index (χ4v) is 3.05. The summed E-state index contributed by atoms with van der Waals surface area (Å²) in [5.74, 6) is 0.373. The third-order valence-corrected chi connectivity index (χ3v) is 5.75. The van der Waals surface area contributed by atoms with E-state index in [0.29, 0.717) is 5.75 Å². The molecule has 1 atom stereocenters. The Labute approximate surface area is 167 Å². The van der Waals surface area contributed by atoms with Crippen LogP contribution in [0.3, 0.4) is 0 Å². The molecule has 2 rings (SSSR count). The van der Waals surface area contributed by atoms with Gasteiger partial charge in [0, 0.05) is 13.6 Å². The Morgan fingerprint density at radius 2 is 1.71 bits per heavy atom. The first kappa shape index (κ1) is 21.9. The molecule has 1 amide bonds. The second kappa shape index (κ2) is 9.71. The molecular formula is C21H28N2O4S. The average molecular weight is 405 g/mol. The Kier molecular flexibility index (Phi) is 7.60.